The van der Waals surface area contributed by atoms with Gasteiger partial charge < -0.3 is 4.74 Å². The summed E-state index contributed by atoms with van der Waals surface area (Å²) >= 11 is 20.1. The van der Waals surface area contributed by atoms with E-state index < -0.39 is 0 Å². The van der Waals surface area contributed by atoms with Crippen molar-refractivity contribution < 1.29 is 4.74 Å². The number of alkyl halides is 1. The molecule has 21 heavy (non-hydrogen) atoms. The van der Waals surface area contributed by atoms with Crippen LogP contribution in [0.25, 0.3) is 10.9 Å². The molecular weight excluding hydrogens is 443 g/mol. The van der Waals surface area contributed by atoms with Crippen molar-refractivity contribution in [1.29, 1.82) is 0 Å². The van der Waals surface area contributed by atoms with E-state index in [0.717, 1.165) is 51.8 Å². The molecule has 0 bridgehead atoms. The lowest BCUT2D eigenvalue weighted by molar-refractivity contribution is 0.306. The molecule has 0 saturated carbocycles. The SMILES string of the molecule is ClCCCCCCOc1c(I)cc(Cl)c2ccc(Cl)nc12. The first-order valence-corrected chi connectivity index (χ1v) is 9.13. The maximum absolute atomic E-state index is 6.25. The largest absolute Gasteiger partial charge is 0.490 e. The average Bonchev–Trinajstić information content (AvgIpc) is 2.45. The van der Waals surface area contributed by atoms with Gasteiger partial charge in [0.05, 0.1) is 15.2 Å². The fourth-order valence-corrected chi connectivity index (χ4v) is 3.54. The van der Waals surface area contributed by atoms with Crippen LogP contribution in [0.4, 0.5) is 0 Å². The molecule has 0 aliphatic heterocycles. The van der Waals surface area contributed by atoms with Gasteiger partial charge in [-0.1, -0.05) is 36.0 Å². The molecule has 0 spiro atoms. The molecule has 2 rings (SSSR count). The summed E-state index contributed by atoms with van der Waals surface area (Å²) in [6.45, 7) is 0.656. The monoisotopic (exact) mass is 457 g/mol. The van der Waals surface area contributed by atoms with E-state index in [2.05, 4.69) is 27.6 Å². The van der Waals surface area contributed by atoms with E-state index in [1.54, 1.807) is 6.07 Å². The second-order valence-corrected chi connectivity index (χ2v) is 6.99. The number of nitrogens with zero attached hydrogens (tertiary/aromatic N) is 1. The summed E-state index contributed by atoms with van der Waals surface area (Å²) in [7, 11) is 0. The van der Waals surface area contributed by atoms with Crippen molar-refractivity contribution >= 4 is 68.3 Å². The summed E-state index contributed by atoms with van der Waals surface area (Å²) in [5.41, 5.74) is 0.722. The van der Waals surface area contributed by atoms with Crippen molar-refractivity contribution in [3.8, 4) is 5.75 Å². The van der Waals surface area contributed by atoms with Gasteiger partial charge in [0.15, 0.2) is 5.75 Å². The molecule has 1 aromatic carbocycles. The molecule has 0 atom stereocenters. The third kappa shape index (κ3) is 4.75. The summed E-state index contributed by atoms with van der Waals surface area (Å²) < 4.78 is 6.87. The fourth-order valence-electron chi connectivity index (χ4n) is 2.03. The molecule has 2 aromatic rings. The highest BCUT2D eigenvalue weighted by molar-refractivity contribution is 14.1. The van der Waals surface area contributed by atoms with Crippen LogP contribution < -0.4 is 4.74 Å². The van der Waals surface area contributed by atoms with Gasteiger partial charge in [-0.15, -0.1) is 11.6 Å². The van der Waals surface area contributed by atoms with Crippen LogP contribution in [0.3, 0.4) is 0 Å². The predicted octanol–water partition coefficient (Wildman–Crippen LogP) is 6.32. The zero-order valence-electron chi connectivity index (χ0n) is 11.3. The first-order valence-electron chi connectivity index (χ1n) is 6.76. The second kappa shape index (κ2) is 8.61. The van der Waals surface area contributed by atoms with Gasteiger partial charge in [-0.3, -0.25) is 0 Å². The van der Waals surface area contributed by atoms with E-state index in [-0.39, 0.29) is 0 Å². The van der Waals surface area contributed by atoms with Gasteiger partial charge in [-0.2, -0.15) is 0 Å². The predicted molar refractivity (Wildman–Crippen MR) is 99.2 cm³/mol. The number of unbranched alkanes of at least 4 members (excludes halogenated alkanes) is 3. The van der Waals surface area contributed by atoms with E-state index in [1.807, 2.05) is 12.1 Å². The number of benzene rings is 1. The number of rotatable bonds is 7. The number of aromatic nitrogens is 1. The molecule has 0 unspecified atom stereocenters. The zero-order valence-corrected chi connectivity index (χ0v) is 15.8. The third-order valence-corrected chi connectivity index (χ3v) is 4.67. The second-order valence-electron chi connectivity index (χ2n) is 4.65. The highest BCUT2D eigenvalue weighted by Gasteiger charge is 2.13. The molecule has 0 saturated heterocycles. The Balaban J connectivity index is 2.13. The molecule has 2 nitrogen and oxygen atoms in total. The Hall–Kier alpha value is 0.0300. The van der Waals surface area contributed by atoms with Crippen LogP contribution in [0, 0.1) is 3.57 Å². The number of hydrogen-bond donors (Lipinski definition) is 0. The first-order chi connectivity index (χ1) is 10.1. The molecule has 1 aromatic heterocycles. The summed E-state index contributed by atoms with van der Waals surface area (Å²) in [5, 5.41) is 1.96. The molecule has 1 heterocycles. The molecule has 0 amide bonds. The lowest BCUT2D eigenvalue weighted by Crippen LogP contribution is -2.01. The minimum absolute atomic E-state index is 0.438. The molecule has 0 radical (unpaired) electrons. The van der Waals surface area contributed by atoms with Gasteiger partial charge in [-0.05, 0) is 53.6 Å². The summed E-state index contributed by atoms with van der Waals surface area (Å²) in [5.74, 6) is 1.48. The molecule has 0 fully saturated rings. The molecule has 0 aliphatic carbocycles. The Morgan fingerprint density at radius 3 is 2.62 bits per heavy atom. The zero-order chi connectivity index (χ0) is 15.2. The Bertz CT molecular complexity index is 621. The summed E-state index contributed by atoms with van der Waals surface area (Å²) in [6, 6.07) is 5.50. The van der Waals surface area contributed by atoms with E-state index in [9.17, 15) is 0 Å². The van der Waals surface area contributed by atoms with Gasteiger partial charge in [0.25, 0.3) is 0 Å². The first kappa shape index (κ1) is 17.4. The number of hydrogen-bond acceptors (Lipinski definition) is 2. The van der Waals surface area contributed by atoms with Crippen LogP contribution >= 0.6 is 57.4 Å². The van der Waals surface area contributed by atoms with Crippen molar-refractivity contribution in [2.24, 2.45) is 0 Å². The minimum Gasteiger partial charge on any atom is -0.490 e. The van der Waals surface area contributed by atoms with Crippen LogP contribution in [0.2, 0.25) is 10.2 Å². The van der Waals surface area contributed by atoms with E-state index in [4.69, 9.17) is 39.5 Å². The number of halogens is 4. The van der Waals surface area contributed by atoms with Gasteiger partial charge in [-0.25, -0.2) is 4.98 Å². The van der Waals surface area contributed by atoms with Gasteiger partial charge >= 0.3 is 0 Å². The highest BCUT2D eigenvalue weighted by Crippen LogP contribution is 2.35. The van der Waals surface area contributed by atoms with Crippen molar-refractivity contribution in [3.05, 3.63) is 31.9 Å². The van der Waals surface area contributed by atoms with Crippen LogP contribution in [0.15, 0.2) is 18.2 Å². The van der Waals surface area contributed by atoms with Crippen molar-refractivity contribution in [3.63, 3.8) is 0 Å². The van der Waals surface area contributed by atoms with Gasteiger partial charge in [0.2, 0.25) is 0 Å². The van der Waals surface area contributed by atoms with Crippen LogP contribution in [-0.4, -0.2) is 17.5 Å². The Kier molecular flexibility index (Phi) is 7.13. The van der Waals surface area contributed by atoms with Crippen molar-refractivity contribution in [2.75, 3.05) is 12.5 Å². The van der Waals surface area contributed by atoms with E-state index in [1.165, 1.54) is 0 Å². The normalized spacial score (nSPS) is 11.0. The lowest BCUT2D eigenvalue weighted by Gasteiger charge is -2.12. The quantitative estimate of drug-likeness (QED) is 0.210. The fraction of sp³-hybridized carbons (Fsp3) is 0.400. The molecule has 0 aliphatic rings. The smallest absolute Gasteiger partial charge is 0.158 e. The average molecular weight is 459 g/mol. The number of pyridine rings is 1. The van der Waals surface area contributed by atoms with E-state index in [0.29, 0.717) is 16.8 Å². The Labute approximate surface area is 153 Å². The number of fused-ring (bicyclic) bond motifs is 1. The van der Waals surface area contributed by atoms with Crippen molar-refractivity contribution in [1.82, 2.24) is 4.98 Å². The topological polar surface area (TPSA) is 22.1 Å². The number of ether oxygens (including phenoxy) is 1. The Morgan fingerprint density at radius 1 is 1.10 bits per heavy atom. The highest BCUT2D eigenvalue weighted by atomic mass is 127. The maximum Gasteiger partial charge on any atom is 0.158 e. The van der Waals surface area contributed by atoms with E-state index >= 15 is 0 Å². The molecule has 0 N–H and O–H groups in total. The molecular formula is C15H15Cl3INO. The maximum atomic E-state index is 6.25. The molecule has 6 heteroatoms. The summed E-state index contributed by atoms with van der Waals surface area (Å²) in [4.78, 5) is 4.36. The van der Waals surface area contributed by atoms with Crippen molar-refractivity contribution in [2.45, 2.75) is 25.7 Å². The minimum atomic E-state index is 0.438. The Morgan fingerprint density at radius 2 is 1.86 bits per heavy atom. The standard InChI is InChI=1S/C15H15Cl3INO/c16-7-3-1-2-4-8-21-15-12(19)9-11(17)10-5-6-13(18)20-14(10)15/h5-6,9H,1-4,7-8H2. The van der Waals surface area contributed by atoms with Gasteiger partial charge in [0, 0.05) is 11.3 Å². The van der Waals surface area contributed by atoms with Gasteiger partial charge in [0.1, 0.15) is 10.7 Å². The van der Waals surface area contributed by atoms with Crippen LogP contribution in [0.5, 0.6) is 5.75 Å². The molecule has 114 valence electrons. The van der Waals surface area contributed by atoms with Crippen LogP contribution in [0.1, 0.15) is 25.7 Å². The summed E-state index contributed by atoms with van der Waals surface area (Å²) in [6.07, 6.45) is 4.30. The lowest BCUT2D eigenvalue weighted by atomic mass is 10.2. The van der Waals surface area contributed by atoms with Crippen LogP contribution in [-0.2, 0) is 0 Å². The third-order valence-electron chi connectivity index (χ3n) is 3.08.